The molecule has 0 aliphatic carbocycles. The van der Waals surface area contributed by atoms with Crippen molar-refractivity contribution in [3.8, 4) is 0 Å². The number of hydrogen-bond acceptors (Lipinski definition) is 6. The van der Waals surface area contributed by atoms with Gasteiger partial charge in [-0.05, 0) is 23.8 Å². The van der Waals surface area contributed by atoms with Crippen LogP contribution in [0, 0.1) is 0 Å². The van der Waals surface area contributed by atoms with Gasteiger partial charge in [-0.2, -0.15) is 4.98 Å². The number of hydrogen-bond donors (Lipinski definition) is 1. The minimum absolute atomic E-state index is 0.122. The van der Waals surface area contributed by atoms with Crippen molar-refractivity contribution in [2.75, 3.05) is 0 Å². The third-order valence-electron chi connectivity index (χ3n) is 3.74. The standard InChI is InChI=1S/C17H15ClN4O4/c1-21-13(10-23)8-16(24)22(17(21)25)9-15-19-14(20-26-15)7-4-11-2-5-12(18)6-3-11/h2-8,23H,9-10H2,1H3/b7-4+. The summed E-state index contributed by atoms with van der Waals surface area (Å²) in [5.74, 6) is 0.434. The molecule has 3 aromatic rings. The molecule has 0 aliphatic heterocycles. The minimum atomic E-state index is -0.571. The Morgan fingerprint density at radius 2 is 1.96 bits per heavy atom. The molecule has 0 amide bonds. The fraction of sp³-hybridized carbons (Fsp3) is 0.176. The molecule has 8 nitrogen and oxygen atoms in total. The monoisotopic (exact) mass is 374 g/mol. The van der Waals surface area contributed by atoms with Gasteiger partial charge >= 0.3 is 5.69 Å². The minimum Gasteiger partial charge on any atom is -0.390 e. The number of halogens is 1. The Hall–Kier alpha value is -2.97. The molecule has 0 bridgehead atoms. The van der Waals surface area contributed by atoms with Crippen LogP contribution in [-0.2, 0) is 20.2 Å². The first-order valence-electron chi connectivity index (χ1n) is 7.65. The summed E-state index contributed by atoms with van der Waals surface area (Å²) in [6.07, 6.45) is 3.43. The lowest BCUT2D eigenvalue weighted by Crippen LogP contribution is -2.40. The van der Waals surface area contributed by atoms with Crippen molar-refractivity contribution < 1.29 is 9.63 Å². The van der Waals surface area contributed by atoms with E-state index in [1.54, 1.807) is 24.3 Å². The van der Waals surface area contributed by atoms with Crippen molar-refractivity contribution in [2.24, 2.45) is 7.05 Å². The van der Waals surface area contributed by atoms with Gasteiger partial charge in [0.25, 0.3) is 5.56 Å². The van der Waals surface area contributed by atoms with Gasteiger partial charge in [-0.1, -0.05) is 35.0 Å². The highest BCUT2D eigenvalue weighted by Gasteiger charge is 2.12. The summed E-state index contributed by atoms with van der Waals surface area (Å²) in [6, 6.07) is 8.40. The van der Waals surface area contributed by atoms with Crippen molar-refractivity contribution in [1.82, 2.24) is 19.3 Å². The molecule has 1 N–H and O–H groups in total. The van der Waals surface area contributed by atoms with Crippen LogP contribution in [0.15, 0.2) is 44.4 Å². The van der Waals surface area contributed by atoms with Crippen LogP contribution in [0.1, 0.15) is 23.0 Å². The van der Waals surface area contributed by atoms with Gasteiger partial charge in [0.15, 0.2) is 5.82 Å². The molecule has 0 radical (unpaired) electrons. The predicted octanol–water partition coefficient (Wildman–Crippen LogP) is 1.29. The number of aliphatic hydroxyl groups excluding tert-OH is 1. The highest BCUT2D eigenvalue weighted by molar-refractivity contribution is 6.30. The Bertz CT molecular complexity index is 1060. The second-order valence-corrected chi connectivity index (χ2v) is 5.93. The van der Waals surface area contributed by atoms with E-state index in [9.17, 15) is 9.59 Å². The van der Waals surface area contributed by atoms with E-state index in [1.165, 1.54) is 17.7 Å². The number of benzene rings is 1. The molecule has 0 saturated heterocycles. The van der Waals surface area contributed by atoms with E-state index in [0.717, 1.165) is 10.1 Å². The fourth-order valence-electron chi connectivity index (χ4n) is 2.29. The van der Waals surface area contributed by atoms with E-state index in [0.29, 0.717) is 10.8 Å². The van der Waals surface area contributed by atoms with Gasteiger partial charge in [-0.25, -0.2) is 4.79 Å². The number of nitrogens with zero attached hydrogens (tertiary/aromatic N) is 4. The Balaban J connectivity index is 1.81. The topological polar surface area (TPSA) is 103 Å². The van der Waals surface area contributed by atoms with Gasteiger partial charge in [-0.3, -0.25) is 13.9 Å². The summed E-state index contributed by atoms with van der Waals surface area (Å²) in [4.78, 5) is 28.4. The van der Waals surface area contributed by atoms with E-state index >= 15 is 0 Å². The van der Waals surface area contributed by atoms with Gasteiger partial charge in [0.05, 0.1) is 12.3 Å². The maximum absolute atomic E-state index is 12.2. The lowest BCUT2D eigenvalue weighted by Gasteiger charge is -2.08. The summed E-state index contributed by atoms with van der Waals surface area (Å²) in [5, 5.41) is 13.6. The lowest BCUT2D eigenvalue weighted by atomic mass is 10.2. The Labute approximate surface area is 152 Å². The van der Waals surface area contributed by atoms with Crippen LogP contribution in [0.2, 0.25) is 5.02 Å². The maximum Gasteiger partial charge on any atom is 0.331 e. The molecule has 0 saturated carbocycles. The average molecular weight is 375 g/mol. The first-order chi connectivity index (χ1) is 12.5. The van der Waals surface area contributed by atoms with Gasteiger partial charge in [0.2, 0.25) is 5.89 Å². The summed E-state index contributed by atoms with van der Waals surface area (Å²) in [5.41, 5.74) is 0.0189. The van der Waals surface area contributed by atoms with Crippen LogP contribution in [0.4, 0.5) is 0 Å². The first-order valence-corrected chi connectivity index (χ1v) is 8.02. The van der Waals surface area contributed by atoms with Crippen molar-refractivity contribution in [1.29, 1.82) is 0 Å². The molecule has 9 heteroatoms. The molecular formula is C17H15ClN4O4. The third kappa shape index (κ3) is 3.81. The number of aliphatic hydroxyl groups is 1. The molecule has 1 aromatic carbocycles. The molecule has 0 unspecified atom stereocenters. The average Bonchev–Trinajstić information content (AvgIpc) is 3.09. The second kappa shape index (κ2) is 7.51. The Morgan fingerprint density at radius 3 is 2.65 bits per heavy atom. The van der Waals surface area contributed by atoms with Crippen molar-refractivity contribution in [2.45, 2.75) is 13.2 Å². The first kappa shape index (κ1) is 17.8. The van der Waals surface area contributed by atoms with Crippen LogP contribution < -0.4 is 11.2 Å². The van der Waals surface area contributed by atoms with Crippen LogP contribution in [0.5, 0.6) is 0 Å². The number of aromatic nitrogens is 4. The van der Waals surface area contributed by atoms with Crippen molar-refractivity contribution in [3.05, 3.63) is 79.2 Å². The van der Waals surface area contributed by atoms with Crippen LogP contribution >= 0.6 is 11.6 Å². The summed E-state index contributed by atoms with van der Waals surface area (Å²) in [7, 11) is 1.47. The van der Waals surface area contributed by atoms with Gasteiger partial charge in [0.1, 0.15) is 6.54 Å². The predicted molar refractivity (Wildman–Crippen MR) is 95.6 cm³/mol. The SMILES string of the molecule is Cn1c(CO)cc(=O)n(Cc2nc(/C=C/c3ccc(Cl)cc3)no2)c1=O. The van der Waals surface area contributed by atoms with Crippen LogP contribution in [0.3, 0.4) is 0 Å². The van der Waals surface area contributed by atoms with Gasteiger partial charge < -0.3 is 9.63 Å². The molecule has 26 heavy (non-hydrogen) atoms. The molecule has 2 heterocycles. The molecule has 0 aliphatic rings. The zero-order valence-electron chi connectivity index (χ0n) is 13.8. The summed E-state index contributed by atoms with van der Waals surface area (Å²) in [6.45, 7) is -0.555. The molecular weight excluding hydrogens is 360 g/mol. The molecule has 2 aromatic heterocycles. The van der Waals surface area contributed by atoms with E-state index in [4.69, 9.17) is 21.2 Å². The molecule has 3 rings (SSSR count). The molecule has 0 spiro atoms. The third-order valence-corrected chi connectivity index (χ3v) is 3.99. The molecule has 134 valence electrons. The fourth-order valence-corrected chi connectivity index (χ4v) is 2.42. The quantitative estimate of drug-likeness (QED) is 0.722. The van der Waals surface area contributed by atoms with Crippen LogP contribution in [0.25, 0.3) is 12.2 Å². The van der Waals surface area contributed by atoms with Crippen LogP contribution in [-0.4, -0.2) is 24.4 Å². The highest BCUT2D eigenvalue weighted by Crippen LogP contribution is 2.12. The highest BCUT2D eigenvalue weighted by atomic mass is 35.5. The Kier molecular flexibility index (Phi) is 5.15. The normalized spacial score (nSPS) is 11.3. The van der Waals surface area contributed by atoms with E-state index < -0.39 is 17.9 Å². The van der Waals surface area contributed by atoms with Gasteiger partial charge in [0, 0.05) is 18.1 Å². The van der Waals surface area contributed by atoms with E-state index in [1.807, 2.05) is 12.1 Å². The van der Waals surface area contributed by atoms with Gasteiger partial charge in [-0.15, -0.1) is 0 Å². The molecule has 0 fully saturated rings. The summed E-state index contributed by atoms with van der Waals surface area (Å²) < 4.78 is 7.24. The molecule has 0 atom stereocenters. The Morgan fingerprint density at radius 1 is 1.23 bits per heavy atom. The smallest absolute Gasteiger partial charge is 0.331 e. The zero-order chi connectivity index (χ0) is 18.7. The lowest BCUT2D eigenvalue weighted by molar-refractivity contribution is 0.269. The van der Waals surface area contributed by atoms with Crippen molar-refractivity contribution >= 4 is 23.8 Å². The van der Waals surface area contributed by atoms with E-state index in [2.05, 4.69) is 10.1 Å². The largest absolute Gasteiger partial charge is 0.390 e. The van der Waals surface area contributed by atoms with E-state index in [-0.39, 0.29) is 18.1 Å². The second-order valence-electron chi connectivity index (χ2n) is 5.49. The summed E-state index contributed by atoms with van der Waals surface area (Å²) >= 11 is 5.83. The van der Waals surface area contributed by atoms with Crippen molar-refractivity contribution in [3.63, 3.8) is 0 Å². The number of rotatable bonds is 5. The zero-order valence-corrected chi connectivity index (χ0v) is 14.6. The maximum atomic E-state index is 12.2.